The van der Waals surface area contributed by atoms with Crippen LogP contribution in [0, 0.1) is 5.82 Å². The Hall–Kier alpha value is -2.26. The molecule has 2 amide bonds. The summed E-state index contributed by atoms with van der Waals surface area (Å²) >= 11 is 3.13. The van der Waals surface area contributed by atoms with E-state index in [1.807, 2.05) is 0 Å². The van der Waals surface area contributed by atoms with Gasteiger partial charge in [-0.05, 0) is 55.3 Å². The first kappa shape index (κ1) is 21.4. The molecule has 0 radical (unpaired) electrons. The average Bonchev–Trinajstić information content (AvgIpc) is 3.07. The van der Waals surface area contributed by atoms with Gasteiger partial charge in [0, 0.05) is 30.0 Å². The van der Waals surface area contributed by atoms with E-state index in [1.54, 1.807) is 23.1 Å². The van der Waals surface area contributed by atoms with Crippen molar-refractivity contribution in [3.05, 3.63) is 52.3 Å². The third-order valence-electron chi connectivity index (χ3n) is 4.86. The lowest BCUT2D eigenvalue weighted by Crippen LogP contribution is -2.26. The second-order valence-electron chi connectivity index (χ2n) is 6.94. The van der Waals surface area contributed by atoms with Crippen LogP contribution in [0.5, 0.6) is 0 Å². The van der Waals surface area contributed by atoms with E-state index in [4.69, 9.17) is 0 Å². The van der Waals surface area contributed by atoms with Gasteiger partial charge in [-0.3, -0.25) is 9.59 Å². The van der Waals surface area contributed by atoms with Crippen molar-refractivity contribution in [2.75, 3.05) is 16.8 Å². The quantitative estimate of drug-likeness (QED) is 0.704. The summed E-state index contributed by atoms with van der Waals surface area (Å²) in [5.41, 5.74) is 1.49. The van der Waals surface area contributed by atoms with E-state index in [9.17, 15) is 22.4 Å². The van der Waals surface area contributed by atoms with Gasteiger partial charge in [0.05, 0.1) is 15.8 Å². The van der Waals surface area contributed by atoms with E-state index < -0.39 is 26.8 Å². The number of nitrogens with zero attached hydrogens (tertiary/aromatic N) is 1. The number of carbonyl (C=O) groups is 2. The smallest absolute Gasteiger partial charge is 0.225 e. The third-order valence-corrected chi connectivity index (χ3v) is 7.49. The maximum atomic E-state index is 13.9. The van der Waals surface area contributed by atoms with Crippen LogP contribution in [0.25, 0.3) is 0 Å². The molecule has 9 heteroatoms. The molecular weight excluding hydrogens is 463 g/mol. The van der Waals surface area contributed by atoms with Crippen LogP contribution < -0.4 is 10.2 Å². The highest BCUT2D eigenvalue weighted by Gasteiger charge is 2.29. The molecule has 0 fully saturated rings. The zero-order valence-corrected chi connectivity index (χ0v) is 18.3. The molecule has 0 bridgehead atoms. The van der Waals surface area contributed by atoms with Crippen molar-refractivity contribution >= 4 is 49.0 Å². The highest BCUT2D eigenvalue weighted by molar-refractivity contribution is 9.10. The number of halogens is 2. The SMILES string of the molecule is CC(=O)N1CCc2cc(S(=O)(=O)[C@@H](C)CC(=O)Nc3ccc(Br)cc3F)ccc21. The highest BCUT2D eigenvalue weighted by atomic mass is 79.9. The molecule has 2 aromatic rings. The molecule has 0 aliphatic carbocycles. The average molecular weight is 483 g/mol. The lowest BCUT2D eigenvalue weighted by atomic mass is 10.2. The molecule has 3 rings (SSSR count). The number of hydrogen-bond donors (Lipinski definition) is 1. The maximum Gasteiger partial charge on any atom is 0.225 e. The fourth-order valence-corrected chi connectivity index (χ4v) is 5.01. The molecule has 0 aromatic heterocycles. The predicted molar refractivity (Wildman–Crippen MR) is 112 cm³/mol. The van der Waals surface area contributed by atoms with Gasteiger partial charge in [0.15, 0.2) is 9.84 Å². The Kier molecular flexibility index (Phi) is 6.09. The Bertz CT molecular complexity index is 1090. The first-order chi connectivity index (χ1) is 13.6. The van der Waals surface area contributed by atoms with Gasteiger partial charge in [0.2, 0.25) is 11.8 Å². The molecule has 1 aliphatic rings. The summed E-state index contributed by atoms with van der Waals surface area (Å²) < 4.78 is 40.2. The molecule has 154 valence electrons. The van der Waals surface area contributed by atoms with E-state index in [0.717, 1.165) is 5.56 Å². The number of benzene rings is 2. The summed E-state index contributed by atoms with van der Waals surface area (Å²) in [4.78, 5) is 25.6. The topological polar surface area (TPSA) is 83.6 Å². The van der Waals surface area contributed by atoms with Crippen LogP contribution in [-0.4, -0.2) is 32.0 Å². The Labute approximate surface area is 177 Å². The molecule has 0 saturated heterocycles. The molecule has 0 unspecified atom stereocenters. The van der Waals surface area contributed by atoms with Crippen molar-refractivity contribution in [2.24, 2.45) is 0 Å². The molecule has 1 heterocycles. The minimum atomic E-state index is -3.77. The lowest BCUT2D eigenvalue weighted by Gasteiger charge is -2.16. The molecule has 1 N–H and O–H groups in total. The Balaban J connectivity index is 1.74. The number of nitrogens with one attached hydrogen (secondary N) is 1. The molecule has 1 aliphatic heterocycles. The van der Waals surface area contributed by atoms with E-state index >= 15 is 0 Å². The van der Waals surface area contributed by atoms with Crippen molar-refractivity contribution in [3.63, 3.8) is 0 Å². The van der Waals surface area contributed by atoms with Crippen LogP contribution in [0.3, 0.4) is 0 Å². The third kappa shape index (κ3) is 4.51. The monoisotopic (exact) mass is 482 g/mol. The first-order valence-corrected chi connectivity index (χ1v) is 11.3. The molecule has 0 saturated carbocycles. The van der Waals surface area contributed by atoms with Gasteiger partial charge in [-0.15, -0.1) is 0 Å². The van der Waals surface area contributed by atoms with Crippen molar-refractivity contribution < 1.29 is 22.4 Å². The van der Waals surface area contributed by atoms with Crippen LogP contribution in [0.4, 0.5) is 15.8 Å². The Morgan fingerprint density at radius 1 is 1.24 bits per heavy atom. The van der Waals surface area contributed by atoms with Gasteiger partial charge in [0.25, 0.3) is 0 Å². The van der Waals surface area contributed by atoms with Crippen molar-refractivity contribution in [1.29, 1.82) is 0 Å². The van der Waals surface area contributed by atoms with Crippen molar-refractivity contribution in [3.8, 4) is 0 Å². The van der Waals surface area contributed by atoms with Crippen molar-refractivity contribution in [1.82, 2.24) is 0 Å². The van der Waals surface area contributed by atoms with Crippen LogP contribution in [0.1, 0.15) is 25.8 Å². The number of carbonyl (C=O) groups excluding carboxylic acids is 2. The summed E-state index contributed by atoms with van der Waals surface area (Å²) in [6.45, 7) is 3.43. The van der Waals surface area contributed by atoms with Crippen LogP contribution in [0.2, 0.25) is 0 Å². The van der Waals surface area contributed by atoms with E-state index in [2.05, 4.69) is 21.2 Å². The fourth-order valence-electron chi connectivity index (χ4n) is 3.28. The number of rotatable bonds is 5. The van der Waals surface area contributed by atoms with Crippen molar-refractivity contribution in [2.45, 2.75) is 36.8 Å². The standard InChI is InChI=1S/C20H20BrFN2O4S/c1-12(9-20(26)23-18-5-3-15(21)11-17(18)22)29(27,28)16-4-6-19-14(10-16)7-8-24(19)13(2)25/h3-6,10-12H,7-9H2,1-2H3,(H,23,26)/t12-/m0/s1. The predicted octanol–water partition coefficient (Wildman–Crippen LogP) is 3.69. The van der Waals surface area contributed by atoms with Crippen LogP contribution in [-0.2, 0) is 25.8 Å². The van der Waals surface area contributed by atoms with E-state index in [0.29, 0.717) is 23.1 Å². The largest absolute Gasteiger partial charge is 0.324 e. The van der Waals surface area contributed by atoms with Gasteiger partial charge in [-0.25, -0.2) is 12.8 Å². The summed E-state index contributed by atoms with van der Waals surface area (Å²) in [6, 6.07) is 8.84. The molecule has 2 aromatic carbocycles. The highest BCUT2D eigenvalue weighted by Crippen LogP contribution is 2.31. The zero-order valence-electron chi connectivity index (χ0n) is 15.9. The summed E-state index contributed by atoms with van der Waals surface area (Å²) in [5.74, 6) is -1.30. The minimum Gasteiger partial charge on any atom is -0.324 e. The van der Waals surface area contributed by atoms with Gasteiger partial charge in [0.1, 0.15) is 5.82 Å². The minimum absolute atomic E-state index is 0.00958. The van der Waals surface area contributed by atoms with E-state index in [-0.39, 0.29) is 22.9 Å². The van der Waals surface area contributed by atoms with Gasteiger partial charge in [-0.1, -0.05) is 15.9 Å². The number of hydrogen-bond acceptors (Lipinski definition) is 4. The molecule has 0 spiro atoms. The maximum absolute atomic E-state index is 13.9. The lowest BCUT2D eigenvalue weighted by molar-refractivity contribution is -0.117. The molecule has 6 nitrogen and oxygen atoms in total. The Morgan fingerprint density at radius 2 is 1.97 bits per heavy atom. The number of fused-ring (bicyclic) bond motifs is 1. The van der Waals surface area contributed by atoms with Gasteiger partial charge < -0.3 is 10.2 Å². The zero-order chi connectivity index (χ0) is 21.3. The summed E-state index contributed by atoms with van der Waals surface area (Å²) in [6.07, 6.45) is 0.268. The number of sulfone groups is 1. The first-order valence-electron chi connectivity index (χ1n) is 8.99. The van der Waals surface area contributed by atoms with Crippen LogP contribution >= 0.6 is 15.9 Å². The number of amides is 2. The number of anilines is 2. The second-order valence-corrected chi connectivity index (χ2v) is 10.2. The molecule has 29 heavy (non-hydrogen) atoms. The van der Waals surface area contributed by atoms with Gasteiger partial charge >= 0.3 is 0 Å². The van der Waals surface area contributed by atoms with Crippen LogP contribution in [0.15, 0.2) is 45.8 Å². The normalized spacial score (nSPS) is 14.4. The summed E-state index contributed by atoms with van der Waals surface area (Å²) in [5, 5.41) is 1.41. The van der Waals surface area contributed by atoms with E-state index in [1.165, 1.54) is 32.0 Å². The fraction of sp³-hybridized carbons (Fsp3) is 0.300. The second kappa shape index (κ2) is 8.23. The molecule has 1 atom stereocenters. The summed E-state index contributed by atoms with van der Waals surface area (Å²) in [7, 11) is -3.77. The van der Waals surface area contributed by atoms with Gasteiger partial charge in [-0.2, -0.15) is 0 Å². The Morgan fingerprint density at radius 3 is 2.62 bits per heavy atom. The molecular formula is C20H20BrFN2O4S.